The van der Waals surface area contributed by atoms with E-state index in [-0.39, 0.29) is 29.5 Å². The van der Waals surface area contributed by atoms with Gasteiger partial charge in [0.15, 0.2) is 5.54 Å². The number of hydrogen-bond acceptors (Lipinski definition) is 8. The van der Waals surface area contributed by atoms with E-state index in [1.807, 2.05) is 24.3 Å². The number of halogens is 3. The van der Waals surface area contributed by atoms with E-state index in [0.717, 1.165) is 10.1 Å². The van der Waals surface area contributed by atoms with E-state index in [2.05, 4.69) is 63.8 Å². The molecule has 1 aliphatic carbocycles. The molecule has 44 heavy (non-hydrogen) atoms. The van der Waals surface area contributed by atoms with Crippen molar-refractivity contribution in [2.75, 3.05) is 17.2 Å². The molecule has 1 atom stereocenters. The van der Waals surface area contributed by atoms with E-state index in [1.54, 1.807) is 24.4 Å². The van der Waals surface area contributed by atoms with Crippen LogP contribution < -0.4 is 10.6 Å². The molecule has 3 aromatic heterocycles. The number of pyridine rings is 2. The van der Waals surface area contributed by atoms with E-state index < -0.39 is 17.8 Å². The first-order chi connectivity index (χ1) is 20.9. The Labute approximate surface area is 251 Å². The van der Waals surface area contributed by atoms with Gasteiger partial charge in [0.25, 0.3) is 0 Å². The molecule has 0 radical (unpaired) electrons. The number of nitriles is 2. The predicted molar refractivity (Wildman–Crippen MR) is 160 cm³/mol. The molecule has 12 heteroatoms. The highest BCUT2D eigenvalue weighted by Gasteiger charge is 2.66. The number of anilines is 2. The number of nitrogens with one attached hydrogen (secondary N) is 2. The molecule has 0 spiro atoms. The maximum atomic E-state index is 14.0. The Balaban J connectivity index is 1.51. The van der Waals surface area contributed by atoms with Crippen LogP contribution in [0.4, 0.5) is 24.5 Å². The molecule has 222 valence electrons. The summed E-state index contributed by atoms with van der Waals surface area (Å²) < 4.78 is 42.8. The molecular weight excluding hydrogens is 567 g/mol. The quantitative estimate of drug-likeness (QED) is 0.210. The Bertz CT molecular complexity index is 1970. The highest BCUT2D eigenvalue weighted by molar-refractivity contribution is 5.99. The van der Waals surface area contributed by atoms with Crippen molar-refractivity contribution in [3.63, 3.8) is 0 Å². The summed E-state index contributed by atoms with van der Waals surface area (Å²) in [5.41, 5.74) is 1.56. The SMILES string of the molecule is CC(C)(C)CNc1c(C#N)cnc2c(C#N)cc(NC(c3cn(C4(C(F)(F)F)CC4)nn3)c3cccc4ncccc34)cc12. The van der Waals surface area contributed by atoms with E-state index >= 15 is 0 Å². The van der Waals surface area contributed by atoms with Crippen LogP contribution in [0.25, 0.3) is 21.8 Å². The number of rotatable bonds is 7. The number of fused-ring (bicyclic) bond motifs is 2. The van der Waals surface area contributed by atoms with Gasteiger partial charge in [-0.1, -0.05) is 44.2 Å². The lowest BCUT2D eigenvalue weighted by Gasteiger charge is -2.23. The summed E-state index contributed by atoms with van der Waals surface area (Å²) >= 11 is 0. The summed E-state index contributed by atoms with van der Waals surface area (Å²) in [7, 11) is 0. The van der Waals surface area contributed by atoms with Crippen molar-refractivity contribution < 1.29 is 13.2 Å². The third kappa shape index (κ3) is 5.13. The van der Waals surface area contributed by atoms with Crippen molar-refractivity contribution in [1.82, 2.24) is 25.0 Å². The fraction of sp³-hybridized carbons (Fsp3) is 0.312. The van der Waals surface area contributed by atoms with E-state index in [9.17, 15) is 23.7 Å². The van der Waals surface area contributed by atoms with Gasteiger partial charge < -0.3 is 10.6 Å². The van der Waals surface area contributed by atoms with Gasteiger partial charge in [0.05, 0.1) is 40.1 Å². The number of benzene rings is 2. The smallest absolute Gasteiger partial charge is 0.383 e. The molecule has 2 aromatic carbocycles. The second-order valence-corrected chi connectivity index (χ2v) is 12.2. The standard InChI is InChI=1S/C32H28F3N9/c1-30(2,3)18-40-28-20(15-37)16-39-27-19(14-36)12-21(13-24(27)28)41-29(23-6-4-8-25-22(23)7-5-11-38-25)26-17-44(43-42-26)31(9-10-31)32(33,34)35/h4-8,11-13,16-17,29,41H,9-10,18H2,1-3H3,(H,39,40). The van der Waals surface area contributed by atoms with Crippen LogP contribution >= 0.6 is 0 Å². The van der Waals surface area contributed by atoms with Gasteiger partial charge in [-0.25, -0.2) is 4.68 Å². The summed E-state index contributed by atoms with van der Waals surface area (Å²) in [6, 6.07) is 16.2. The lowest BCUT2D eigenvalue weighted by molar-refractivity contribution is -0.182. The minimum atomic E-state index is -4.47. The zero-order chi connectivity index (χ0) is 31.3. The molecule has 1 fully saturated rings. The third-order valence-corrected chi connectivity index (χ3v) is 7.81. The Morgan fingerprint density at radius 1 is 1.00 bits per heavy atom. The molecule has 9 nitrogen and oxygen atoms in total. The van der Waals surface area contributed by atoms with Crippen molar-refractivity contribution in [1.29, 1.82) is 10.5 Å². The van der Waals surface area contributed by atoms with Gasteiger partial charge in [-0.2, -0.15) is 23.7 Å². The Kier molecular flexibility index (Phi) is 6.88. The highest BCUT2D eigenvalue weighted by atomic mass is 19.4. The van der Waals surface area contributed by atoms with Crippen LogP contribution in [0, 0.1) is 28.1 Å². The molecule has 1 saturated carbocycles. The molecule has 0 saturated heterocycles. The van der Waals surface area contributed by atoms with Crippen LogP contribution in [0.1, 0.15) is 62.0 Å². The van der Waals surface area contributed by atoms with Gasteiger partial charge in [-0.15, -0.1) is 5.10 Å². The summed E-state index contributed by atoms with van der Waals surface area (Å²) in [5, 5.41) is 36.2. The van der Waals surface area contributed by atoms with Gasteiger partial charge in [0.2, 0.25) is 0 Å². The number of hydrogen-bond donors (Lipinski definition) is 2. The first-order valence-electron chi connectivity index (χ1n) is 14.0. The average Bonchev–Trinajstić information content (AvgIpc) is 3.68. The fourth-order valence-corrected chi connectivity index (χ4v) is 5.34. The molecular formula is C32H28F3N9. The van der Waals surface area contributed by atoms with Crippen molar-refractivity contribution in [3.8, 4) is 12.1 Å². The first-order valence-corrected chi connectivity index (χ1v) is 14.0. The maximum absolute atomic E-state index is 14.0. The minimum Gasteiger partial charge on any atom is -0.383 e. The Morgan fingerprint density at radius 2 is 1.77 bits per heavy atom. The minimum absolute atomic E-state index is 0.0651. The average molecular weight is 596 g/mol. The van der Waals surface area contributed by atoms with Gasteiger partial charge >= 0.3 is 6.18 Å². The molecule has 1 aliphatic rings. The summed E-state index contributed by atoms with van der Waals surface area (Å²) in [6.07, 6.45) is -0.147. The Hall–Kier alpha value is -5.23. The van der Waals surface area contributed by atoms with Crippen molar-refractivity contribution >= 4 is 33.2 Å². The summed E-state index contributed by atoms with van der Waals surface area (Å²) in [5.74, 6) is 0. The Morgan fingerprint density at radius 3 is 2.45 bits per heavy atom. The zero-order valence-corrected chi connectivity index (χ0v) is 24.2. The van der Waals surface area contributed by atoms with Gasteiger partial charge in [0, 0.05) is 35.4 Å². The van der Waals surface area contributed by atoms with Crippen LogP contribution in [0.2, 0.25) is 0 Å². The van der Waals surface area contributed by atoms with Crippen molar-refractivity contribution in [2.45, 2.75) is 51.4 Å². The van der Waals surface area contributed by atoms with Gasteiger partial charge in [-0.05, 0) is 48.1 Å². The second kappa shape index (κ2) is 10.5. The predicted octanol–water partition coefficient (Wildman–Crippen LogP) is 6.83. The van der Waals surface area contributed by atoms with Crippen molar-refractivity contribution in [2.24, 2.45) is 5.41 Å². The molecule has 3 heterocycles. The van der Waals surface area contributed by atoms with Crippen molar-refractivity contribution in [3.05, 3.63) is 83.4 Å². The summed E-state index contributed by atoms with van der Waals surface area (Å²) in [4.78, 5) is 8.86. The number of alkyl halides is 3. The van der Waals surface area contributed by atoms with E-state index in [1.165, 1.54) is 12.4 Å². The highest BCUT2D eigenvalue weighted by Crippen LogP contribution is 2.55. The molecule has 0 aliphatic heterocycles. The lowest BCUT2D eigenvalue weighted by Crippen LogP contribution is -2.35. The van der Waals surface area contributed by atoms with Crippen LogP contribution in [0.15, 0.2) is 61.1 Å². The normalized spacial score (nSPS) is 15.0. The number of aromatic nitrogens is 5. The molecule has 1 unspecified atom stereocenters. The summed E-state index contributed by atoms with van der Waals surface area (Å²) in [6.45, 7) is 6.73. The van der Waals surface area contributed by atoms with E-state index in [4.69, 9.17) is 0 Å². The zero-order valence-electron chi connectivity index (χ0n) is 24.2. The third-order valence-electron chi connectivity index (χ3n) is 7.81. The topological polar surface area (TPSA) is 128 Å². The maximum Gasteiger partial charge on any atom is 0.413 e. The molecule has 0 amide bonds. The van der Waals surface area contributed by atoms with Gasteiger partial charge in [-0.3, -0.25) is 9.97 Å². The first kappa shape index (κ1) is 28.9. The van der Waals surface area contributed by atoms with E-state index in [0.29, 0.717) is 45.5 Å². The van der Waals surface area contributed by atoms with Crippen LogP contribution in [0.3, 0.4) is 0 Å². The molecule has 0 bridgehead atoms. The van der Waals surface area contributed by atoms with Gasteiger partial charge in [0.1, 0.15) is 17.8 Å². The van der Waals surface area contributed by atoms with Crippen LogP contribution in [-0.4, -0.2) is 37.7 Å². The molecule has 2 N–H and O–H groups in total. The fourth-order valence-electron chi connectivity index (χ4n) is 5.34. The molecule has 6 rings (SSSR count). The van der Waals surface area contributed by atoms with Crippen LogP contribution in [-0.2, 0) is 5.54 Å². The lowest BCUT2D eigenvalue weighted by atomic mass is 9.96. The number of nitrogens with zero attached hydrogens (tertiary/aromatic N) is 7. The molecule has 5 aromatic rings. The largest absolute Gasteiger partial charge is 0.413 e. The van der Waals surface area contributed by atoms with Crippen LogP contribution in [0.5, 0.6) is 0 Å². The monoisotopic (exact) mass is 595 g/mol. The second-order valence-electron chi connectivity index (χ2n) is 12.2.